The van der Waals surface area contributed by atoms with Gasteiger partial charge in [0, 0.05) is 17.9 Å². The molecule has 2 aliphatic rings. The fourth-order valence-electron chi connectivity index (χ4n) is 4.48. The SMILES string of the molecule is C[C@@H](C(=O)N1CCc2ccccc21)[NH+]1CC[NH+](CC(=O)Nc2ccc(F)cc2)CC1. The number of rotatable bonds is 5. The lowest BCUT2D eigenvalue weighted by molar-refractivity contribution is -1.01. The van der Waals surface area contributed by atoms with Crippen LogP contribution in [0.25, 0.3) is 0 Å². The second kappa shape index (κ2) is 8.93. The lowest BCUT2D eigenvalue weighted by atomic mass is 10.1. The highest BCUT2D eigenvalue weighted by Crippen LogP contribution is 2.27. The van der Waals surface area contributed by atoms with Crippen molar-refractivity contribution in [2.24, 2.45) is 0 Å². The van der Waals surface area contributed by atoms with E-state index in [1.165, 1.54) is 27.5 Å². The third-order valence-corrected chi connectivity index (χ3v) is 6.27. The van der Waals surface area contributed by atoms with Gasteiger partial charge in [0.05, 0.1) is 0 Å². The third-order valence-electron chi connectivity index (χ3n) is 6.27. The molecule has 1 atom stereocenters. The highest BCUT2D eigenvalue weighted by molar-refractivity contribution is 5.98. The first-order valence-electron chi connectivity index (χ1n) is 10.6. The molecule has 2 aromatic carbocycles. The van der Waals surface area contributed by atoms with Crippen LogP contribution in [0.3, 0.4) is 0 Å². The van der Waals surface area contributed by atoms with Gasteiger partial charge in [0.15, 0.2) is 12.6 Å². The molecule has 6 nitrogen and oxygen atoms in total. The predicted octanol–water partition coefficient (Wildman–Crippen LogP) is -0.475. The molecule has 0 aliphatic carbocycles. The molecule has 1 saturated heterocycles. The summed E-state index contributed by atoms with van der Waals surface area (Å²) in [7, 11) is 0. The van der Waals surface area contributed by atoms with Crippen LogP contribution in [0.4, 0.5) is 15.8 Å². The van der Waals surface area contributed by atoms with Crippen LogP contribution in [0, 0.1) is 5.82 Å². The van der Waals surface area contributed by atoms with Crippen LogP contribution in [-0.4, -0.2) is 57.1 Å². The predicted molar refractivity (Wildman–Crippen MR) is 113 cm³/mol. The number of para-hydroxylation sites is 1. The van der Waals surface area contributed by atoms with Crippen molar-refractivity contribution < 1.29 is 23.8 Å². The Hall–Kier alpha value is -2.77. The number of carbonyl (C=O) groups is 2. The lowest BCUT2D eigenvalue weighted by Gasteiger charge is -2.33. The molecule has 0 unspecified atom stereocenters. The van der Waals surface area contributed by atoms with Gasteiger partial charge in [-0.2, -0.15) is 0 Å². The summed E-state index contributed by atoms with van der Waals surface area (Å²) in [4.78, 5) is 29.8. The Morgan fingerprint density at radius 2 is 1.77 bits per heavy atom. The number of fused-ring (bicyclic) bond motifs is 1. The van der Waals surface area contributed by atoms with Crippen molar-refractivity contribution in [1.82, 2.24) is 0 Å². The summed E-state index contributed by atoms with van der Waals surface area (Å²) in [6, 6.07) is 13.8. The topological polar surface area (TPSA) is 58.3 Å². The number of benzene rings is 2. The molecule has 0 spiro atoms. The summed E-state index contributed by atoms with van der Waals surface area (Å²) in [5, 5.41) is 2.82. The molecule has 2 amide bonds. The van der Waals surface area contributed by atoms with Crippen LogP contribution in [-0.2, 0) is 16.0 Å². The molecule has 2 aromatic rings. The zero-order valence-corrected chi connectivity index (χ0v) is 17.3. The van der Waals surface area contributed by atoms with Crippen LogP contribution in [0.1, 0.15) is 12.5 Å². The van der Waals surface area contributed by atoms with Crippen LogP contribution >= 0.6 is 0 Å². The molecule has 1 fully saturated rings. The Bertz CT molecular complexity index is 910. The van der Waals surface area contributed by atoms with Gasteiger partial charge in [0.1, 0.15) is 32.0 Å². The fourth-order valence-corrected chi connectivity index (χ4v) is 4.48. The van der Waals surface area contributed by atoms with Crippen LogP contribution in [0.5, 0.6) is 0 Å². The molecule has 2 heterocycles. The summed E-state index contributed by atoms with van der Waals surface area (Å²) in [5.41, 5.74) is 2.90. The molecule has 0 radical (unpaired) electrons. The lowest BCUT2D eigenvalue weighted by Crippen LogP contribution is -3.30. The minimum atomic E-state index is -0.321. The van der Waals surface area contributed by atoms with E-state index in [2.05, 4.69) is 11.4 Å². The highest BCUT2D eigenvalue weighted by Gasteiger charge is 2.36. The van der Waals surface area contributed by atoms with E-state index in [-0.39, 0.29) is 23.7 Å². The third kappa shape index (κ3) is 4.52. The molecule has 30 heavy (non-hydrogen) atoms. The van der Waals surface area contributed by atoms with Gasteiger partial charge in [-0.05, 0) is 49.2 Å². The zero-order valence-electron chi connectivity index (χ0n) is 17.3. The van der Waals surface area contributed by atoms with E-state index < -0.39 is 0 Å². The first kappa shape index (κ1) is 20.5. The number of carbonyl (C=O) groups excluding carboxylic acids is 2. The number of quaternary nitrogens is 2. The number of hydrogen-bond donors (Lipinski definition) is 3. The van der Waals surface area contributed by atoms with E-state index in [0.29, 0.717) is 12.2 Å². The van der Waals surface area contributed by atoms with E-state index in [1.807, 2.05) is 30.0 Å². The summed E-state index contributed by atoms with van der Waals surface area (Å²) in [5.74, 6) is -0.205. The number of nitrogens with one attached hydrogen (secondary N) is 3. The Morgan fingerprint density at radius 1 is 1.07 bits per heavy atom. The van der Waals surface area contributed by atoms with Crippen molar-refractivity contribution in [3.63, 3.8) is 0 Å². The van der Waals surface area contributed by atoms with Crippen molar-refractivity contribution >= 4 is 23.2 Å². The van der Waals surface area contributed by atoms with E-state index in [4.69, 9.17) is 0 Å². The maximum atomic E-state index is 13.1. The molecular weight excluding hydrogens is 383 g/mol. The smallest absolute Gasteiger partial charge is 0.284 e. The Kier molecular flexibility index (Phi) is 6.11. The van der Waals surface area contributed by atoms with Gasteiger partial charge in [-0.15, -0.1) is 0 Å². The molecule has 0 aromatic heterocycles. The molecule has 0 bridgehead atoms. The number of anilines is 2. The van der Waals surface area contributed by atoms with Crippen molar-refractivity contribution in [1.29, 1.82) is 0 Å². The Labute approximate surface area is 176 Å². The molecule has 3 N–H and O–H groups in total. The number of piperazine rings is 1. The van der Waals surface area contributed by atoms with E-state index in [0.717, 1.165) is 44.8 Å². The zero-order chi connectivity index (χ0) is 21.1. The van der Waals surface area contributed by atoms with Gasteiger partial charge in [-0.25, -0.2) is 4.39 Å². The number of amides is 2. The van der Waals surface area contributed by atoms with Crippen molar-refractivity contribution in [2.45, 2.75) is 19.4 Å². The van der Waals surface area contributed by atoms with Gasteiger partial charge in [-0.3, -0.25) is 9.59 Å². The maximum absolute atomic E-state index is 13.1. The molecule has 158 valence electrons. The molecule has 4 rings (SSSR count). The van der Waals surface area contributed by atoms with E-state index in [9.17, 15) is 14.0 Å². The Morgan fingerprint density at radius 3 is 2.50 bits per heavy atom. The quantitative estimate of drug-likeness (QED) is 0.622. The Balaban J connectivity index is 1.26. The van der Waals surface area contributed by atoms with Crippen molar-refractivity contribution in [2.75, 3.05) is 49.5 Å². The van der Waals surface area contributed by atoms with Gasteiger partial charge in [0.2, 0.25) is 0 Å². The largest absolute Gasteiger partial charge is 0.321 e. The first-order valence-corrected chi connectivity index (χ1v) is 10.6. The monoisotopic (exact) mass is 412 g/mol. The van der Waals surface area contributed by atoms with Crippen LogP contribution in [0.15, 0.2) is 48.5 Å². The minimum absolute atomic E-state index is 0.0714. The second-order valence-electron chi connectivity index (χ2n) is 8.23. The highest BCUT2D eigenvalue weighted by atomic mass is 19.1. The van der Waals surface area contributed by atoms with Crippen molar-refractivity contribution in [3.05, 3.63) is 59.9 Å². The standard InChI is InChI=1S/C23H27FN4O2/c1-17(23(30)28-11-10-18-4-2-3-5-21(18)28)27-14-12-26(13-15-27)16-22(29)25-20-8-6-19(24)7-9-20/h2-9,17H,10-16H2,1H3,(H,25,29)/p+2/t17-/m0/s1. The fraction of sp³-hybridized carbons (Fsp3) is 0.391. The van der Waals surface area contributed by atoms with Gasteiger partial charge in [0.25, 0.3) is 11.8 Å². The molecule has 7 heteroatoms. The number of hydrogen-bond acceptors (Lipinski definition) is 2. The van der Waals surface area contributed by atoms with Gasteiger partial charge in [-0.1, -0.05) is 18.2 Å². The normalized spacial score (nSPS) is 21.7. The summed E-state index contributed by atoms with van der Waals surface area (Å²) >= 11 is 0. The minimum Gasteiger partial charge on any atom is -0.321 e. The van der Waals surface area contributed by atoms with Crippen LogP contribution < -0.4 is 20.0 Å². The van der Waals surface area contributed by atoms with Crippen molar-refractivity contribution in [3.8, 4) is 0 Å². The summed E-state index contributed by atoms with van der Waals surface area (Å²) in [6.45, 7) is 6.58. The summed E-state index contributed by atoms with van der Waals surface area (Å²) in [6.07, 6.45) is 0.922. The number of halogens is 1. The molecular formula is C23H29FN4O2+2. The summed E-state index contributed by atoms with van der Waals surface area (Å²) < 4.78 is 13.0. The average Bonchev–Trinajstić information content (AvgIpc) is 3.19. The second-order valence-corrected chi connectivity index (χ2v) is 8.23. The number of nitrogens with zero attached hydrogens (tertiary/aromatic N) is 1. The van der Waals surface area contributed by atoms with E-state index >= 15 is 0 Å². The van der Waals surface area contributed by atoms with Crippen LogP contribution in [0.2, 0.25) is 0 Å². The van der Waals surface area contributed by atoms with E-state index in [1.54, 1.807) is 12.1 Å². The molecule has 2 aliphatic heterocycles. The van der Waals surface area contributed by atoms with Gasteiger partial charge >= 0.3 is 0 Å². The average molecular weight is 413 g/mol. The maximum Gasteiger partial charge on any atom is 0.284 e. The molecule has 0 saturated carbocycles. The van der Waals surface area contributed by atoms with Gasteiger partial charge < -0.3 is 20.0 Å². The first-order chi connectivity index (χ1) is 14.5.